The summed E-state index contributed by atoms with van der Waals surface area (Å²) in [5, 5.41) is 0. The van der Waals surface area contributed by atoms with Crippen LogP contribution in [0.5, 0.6) is 0 Å². The molecule has 1 amide bonds. The monoisotopic (exact) mass is 287 g/mol. The molecule has 1 saturated carbocycles. The number of carbonyl (C=O) groups is 1. The zero-order chi connectivity index (χ0) is 10.8. The van der Waals surface area contributed by atoms with Crippen LogP contribution < -0.4 is 0 Å². The normalized spacial score (nSPS) is 15.3. The largest absolute Gasteiger partial charge is 0.335 e. The van der Waals surface area contributed by atoms with Crippen LogP contribution in [0.25, 0.3) is 0 Å². The number of thiophene rings is 1. The van der Waals surface area contributed by atoms with Gasteiger partial charge in [0.2, 0.25) is 0 Å². The zero-order valence-corrected chi connectivity index (χ0v) is 11.1. The maximum absolute atomic E-state index is 12.1. The number of halogens is 1. The molecule has 15 heavy (non-hydrogen) atoms. The molecule has 0 aliphatic heterocycles. The van der Waals surface area contributed by atoms with E-state index in [0.29, 0.717) is 6.04 Å². The maximum Gasteiger partial charge on any atom is 0.264 e. The molecule has 0 saturated heterocycles. The van der Waals surface area contributed by atoms with Crippen molar-refractivity contribution in [2.24, 2.45) is 0 Å². The van der Waals surface area contributed by atoms with E-state index in [-0.39, 0.29) is 5.91 Å². The number of hydrogen-bond donors (Lipinski definition) is 0. The van der Waals surface area contributed by atoms with E-state index in [1.807, 2.05) is 17.0 Å². The minimum absolute atomic E-state index is 0.204. The minimum Gasteiger partial charge on any atom is -0.335 e. The van der Waals surface area contributed by atoms with Crippen LogP contribution in [0.3, 0.4) is 0 Å². The molecule has 0 spiro atoms. The summed E-state index contributed by atoms with van der Waals surface area (Å²) in [6.45, 7) is 3.01. The first-order valence-electron chi connectivity index (χ1n) is 5.28. The van der Waals surface area contributed by atoms with E-state index >= 15 is 0 Å². The Hall–Kier alpha value is -0.350. The second kappa shape index (κ2) is 4.66. The number of nitrogens with zero attached hydrogens (tertiary/aromatic N) is 1. The first-order valence-corrected chi connectivity index (χ1v) is 6.89. The van der Waals surface area contributed by atoms with Gasteiger partial charge < -0.3 is 4.90 Å². The van der Waals surface area contributed by atoms with Gasteiger partial charge in [-0.15, -0.1) is 11.3 Å². The zero-order valence-electron chi connectivity index (χ0n) is 8.70. The first-order chi connectivity index (χ1) is 7.22. The lowest BCUT2D eigenvalue weighted by molar-refractivity contribution is 0.0748. The van der Waals surface area contributed by atoms with Gasteiger partial charge in [-0.25, -0.2) is 0 Å². The van der Waals surface area contributed by atoms with Crippen molar-refractivity contribution in [2.45, 2.75) is 32.2 Å². The summed E-state index contributed by atoms with van der Waals surface area (Å²) in [6.07, 6.45) is 3.39. The molecule has 0 radical (unpaired) electrons. The van der Waals surface area contributed by atoms with Crippen molar-refractivity contribution < 1.29 is 4.79 Å². The van der Waals surface area contributed by atoms with Crippen LogP contribution >= 0.6 is 27.3 Å². The highest BCUT2D eigenvalue weighted by molar-refractivity contribution is 9.11. The summed E-state index contributed by atoms with van der Waals surface area (Å²) >= 11 is 4.91. The van der Waals surface area contributed by atoms with Gasteiger partial charge in [0.15, 0.2) is 0 Å². The predicted molar refractivity (Wildman–Crippen MR) is 66.4 cm³/mol. The third-order valence-electron chi connectivity index (χ3n) is 2.50. The number of hydrogen-bond acceptors (Lipinski definition) is 2. The summed E-state index contributed by atoms with van der Waals surface area (Å²) < 4.78 is 1.03. The van der Waals surface area contributed by atoms with Crippen LogP contribution in [0.2, 0.25) is 0 Å². The Labute approximate surface area is 102 Å². The van der Waals surface area contributed by atoms with Crippen molar-refractivity contribution in [3.05, 3.63) is 20.8 Å². The molecular weight excluding hydrogens is 274 g/mol. The van der Waals surface area contributed by atoms with Gasteiger partial charge in [0.25, 0.3) is 5.91 Å². The summed E-state index contributed by atoms with van der Waals surface area (Å²) in [4.78, 5) is 15.0. The van der Waals surface area contributed by atoms with Crippen molar-refractivity contribution in [3.63, 3.8) is 0 Å². The van der Waals surface area contributed by atoms with Gasteiger partial charge in [-0.1, -0.05) is 6.92 Å². The second-order valence-electron chi connectivity index (χ2n) is 3.83. The summed E-state index contributed by atoms with van der Waals surface area (Å²) in [7, 11) is 0. The molecule has 1 fully saturated rings. The molecule has 0 bridgehead atoms. The fourth-order valence-electron chi connectivity index (χ4n) is 1.65. The molecule has 2 rings (SSSR count). The van der Waals surface area contributed by atoms with Gasteiger partial charge in [0.1, 0.15) is 0 Å². The SMILES string of the molecule is CCCN(C(=O)c1ccc(Br)s1)C1CC1. The van der Waals surface area contributed by atoms with Crippen molar-refractivity contribution in [1.82, 2.24) is 4.90 Å². The molecule has 4 heteroatoms. The lowest BCUT2D eigenvalue weighted by Gasteiger charge is -2.20. The van der Waals surface area contributed by atoms with Crippen molar-refractivity contribution in [1.29, 1.82) is 0 Å². The molecule has 0 unspecified atom stereocenters. The highest BCUT2D eigenvalue weighted by atomic mass is 79.9. The van der Waals surface area contributed by atoms with Crippen LogP contribution in [0.1, 0.15) is 35.9 Å². The topological polar surface area (TPSA) is 20.3 Å². The maximum atomic E-state index is 12.1. The molecule has 82 valence electrons. The molecule has 2 nitrogen and oxygen atoms in total. The smallest absolute Gasteiger partial charge is 0.264 e. The predicted octanol–water partition coefficient (Wildman–Crippen LogP) is 3.53. The van der Waals surface area contributed by atoms with Crippen molar-refractivity contribution >= 4 is 33.2 Å². The fourth-order valence-corrected chi connectivity index (χ4v) is 2.99. The molecule has 1 heterocycles. The lowest BCUT2D eigenvalue weighted by Crippen LogP contribution is -2.33. The van der Waals surface area contributed by atoms with E-state index in [9.17, 15) is 4.79 Å². The Bertz CT molecular complexity index is 359. The second-order valence-corrected chi connectivity index (χ2v) is 6.30. The average Bonchev–Trinajstić information content (AvgIpc) is 2.96. The van der Waals surface area contributed by atoms with Crippen LogP contribution in [-0.2, 0) is 0 Å². The number of carbonyl (C=O) groups excluding carboxylic acids is 1. The van der Waals surface area contributed by atoms with Crippen LogP contribution in [0, 0.1) is 0 Å². The molecule has 0 aromatic carbocycles. The third-order valence-corrected chi connectivity index (χ3v) is 4.11. The molecule has 1 aromatic rings. The van der Waals surface area contributed by atoms with Crippen molar-refractivity contribution in [3.8, 4) is 0 Å². The molecule has 1 aliphatic rings. The van der Waals surface area contributed by atoms with E-state index in [1.165, 1.54) is 24.2 Å². The van der Waals surface area contributed by atoms with Gasteiger partial charge >= 0.3 is 0 Å². The Balaban J connectivity index is 2.10. The standard InChI is InChI=1S/C11H14BrNOS/c1-2-7-13(8-3-4-8)11(14)9-5-6-10(12)15-9/h5-6,8H,2-4,7H2,1H3. The van der Waals surface area contributed by atoms with E-state index in [0.717, 1.165) is 21.6 Å². The van der Waals surface area contributed by atoms with Crippen LogP contribution in [-0.4, -0.2) is 23.4 Å². The number of rotatable bonds is 4. The van der Waals surface area contributed by atoms with Gasteiger partial charge in [-0.3, -0.25) is 4.79 Å². The first kappa shape index (κ1) is 11.1. The fraction of sp³-hybridized carbons (Fsp3) is 0.545. The van der Waals surface area contributed by atoms with Crippen molar-refractivity contribution in [2.75, 3.05) is 6.54 Å². The lowest BCUT2D eigenvalue weighted by atomic mass is 10.3. The summed E-state index contributed by atoms with van der Waals surface area (Å²) in [6, 6.07) is 4.36. The number of amides is 1. The molecule has 1 aliphatic carbocycles. The Morgan fingerprint density at radius 1 is 1.60 bits per heavy atom. The molecule has 1 aromatic heterocycles. The van der Waals surface area contributed by atoms with E-state index in [4.69, 9.17) is 0 Å². The highest BCUT2D eigenvalue weighted by Crippen LogP contribution is 2.30. The summed E-state index contributed by atoms with van der Waals surface area (Å²) in [5.41, 5.74) is 0. The van der Waals surface area contributed by atoms with Gasteiger partial charge in [-0.05, 0) is 47.3 Å². The van der Waals surface area contributed by atoms with E-state index in [2.05, 4.69) is 22.9 Å². The Morgan fingerprint density at radius 3 is 2.80 bits per heavy atom. The highest BCUT2D eigenvalue weighted by Gasteiger charge is 2.32. The van der Waals surface area contributed by atoms with Gasteiger partial charge in [-0.2, -0.15) is 0 Å². The summed E-state index contributed by atoms with van der Waals surface area (Å²) in [5.74, 6) is 0.204. The van der Waals surface area contributed by atoms with E-state index < -0.39 is 0 Å². The Morgan fingerprint density at radius 2 is 2.33 bits per heavy atom. The minimum atomic E-state index is 0.204. The quantitative estimate of drug-likeness (QED) is 0.830. The Kier molecular flexibility index (Phi) is 3.46. The van der Waals surface area contributed by atoms with Crippen LogP contribution in [0.4, 0.5) is 0 Å². The van der Waals surface area contributed by atoms with Gasteiger partial charge in [0.05, 0.1) is 8.66 Å². The third kappa shape index (κ3) is 2.61. The molecule has 0 atom stereocenters. The van der Waals surface area contributed by atoms with Crippen LogP contribution in [0.15, 0.2) is 15.9 Å². The van der Waals surface area contributed by atoms with Gasteiger partial charge in [0, 0.05) is 12.6 Å². The van der Waals surface area contributed by atoms with E-state index in [1.54, 1.807) is 0 Å². The molecular formula is C11H14BrNOS. The molecule has 0 N–H and O–H groups in total. The average molecular weight is 288 g/mol.